The van der Waals surface area contributed by atoms with Gasteiger partial charge in [0.1, 0.15) is 12.2 Å². The number of hydrogen-bond acceptors (Lipinski definition) is 4. The largest absolute Gasteiger partial charge is 0.388 e. The molecule has 3 unspecified atom stereocenters. The summed E-state index contributed by atoms with van der Waals surface area (Å²) in [6.07, 6.45) is -2.14. The average molecular weight is 187 g/mol. The van der Waals surface area contributed by atoms with Gasteiger partial charge in [-0.15, -0.1) is 0 Å². The first-order valence-electron chi connectivity index (χ1n) is 4.38. The number of hydrogen-bond donors (Lipinski definition) is 3. The van der Waals surface area contributed by atoms with Crippen molar-refractivity contribution in [3.05, 3.63) is 0 Å². The molecule has 0 aromatic carbocycles. The molecule has 2 aliphatic heterocycles. The lowest BCUT2D eigenvalue weighted by Gasteiger charge is -2.24. The predicted molar refractivity (Wildman–Crippen MR) is 42.8 cm³/mol. The van der Waals surface area contributed by atoms with Crippen LogP contribution in [0.3, 0.4) is 0 Å². The zero-order chi connectivity index (χ0) is 9.59. The molecule has 0 spiro atoms. The highest BCUT2D eigenvalue weighted by atomic mass is 16.5. The molecule has 0 aromatic rings. The molecule has 2 bridgehead atoms. The summed E-state index contributed by atoms with van der Waals surface area (Å²) in [4.78, 5) is 11.3. The number of rotatable bonds is 1. The maximum atomic E-state index is 11.3. The number of amides is 1. The SMILES string of the molecule is CNC(=O)C1CC2O[C@@H]1[C@@H](O)C2O. The van der Waals surface area contributed by atoms with Gasteiger partial charge in [-0.1, -0.05) is 0 Å². The van der Waals surface area contributed by atoms with Crippen LogP contribution in [0, 0.1) is 5.92 Å². The monoisotopic (exact) mass is 187 g/mol. The van der Waals surface area contributed by atoms with Crippen molar-refractivity contribution in [1.82, 2.24) is 5.32 Å². The number of aliphatic hydroxyl groups excluding tert-OH is 2. The highest BCUT2D eigenvalue weighted by Gasteiger charge is 2.55. The first kappa shape index (κ1) is 8.93. The highest BCUT2D eigenvalue weighted by molar-refractivity contribution is 5.79. The number of carbonyl (C=O) groups is 1. The first-order chi connectivity index (χ1) is 6.15. The number of aliphatic hydroxyl groups is 2. The van der Waals surface area contributed by atoms with Crippen molar-refractivity contribution < 1.29 is 19.7 Å². The van der Waals surface area contributed by atoms with Crippen LogP contribution in [0.5, 0.6) is 0 Å². The van der Waals surface area contributed by atoms with E-state index in [4.69, 9.17) is 4.74 Å². The second-order valence-electron chi connectivity index (χ2n) is 3.58. The summed E-state index contributed by atoms with van der Waals surface area (Å²) in [5.74, 6) is -0.438. The Morgan fingerprint density at radius 1 is 1.46 bits per heavy atom. The van der Waals surface area contributed by atoms with E-state index in [2.05, 4.69) is 5.32 Å². The predicted octanol–water partition coefficient (Wildman–Crippen LogP) is -1.76. The topological polar surface area (TPSA) is 78.8 Å². The number of fused-ring (bicyclic) bond motifs is 2. The van der Waals surface area contributed by atoms with Crippen molar-refractivity contribution in [2.24, 2.45) is 5.92 Å². The molecule has 2 heterocycles. The van der Waals surface area contributed by atoms with Gasteiger partial charge in [0.25, 0.3) is 0 Å². The van der Waals surface area contributed by atoms with E-state index in [1.807, 2.05) is 0 Å². The second kappa shape index (κ2) is 2.94. The molecule has 1 amide bonds. The van der Waals surface area contributed by atoms with Gasteiger partial charge in [0.2, 0.25) is 5.91 Å². The third-order valence-corrected chi connectivity index (χ3v) is 2.87. The van der Waals surface area contributed by atoms with E-state index in [1.165, 1.54) is 0 Å². The number of nitrogens with one attached hydrogen (secondary N) is 1. The summed E-state index contributed by atoms with van der Waals surface area (Å²) in [5, 5.41) is 21.3. The minimum absolute atomic E-state index is 0.126. The minimum Gasteiger partial charge on any atom is -0.388 e. The van der Waals surface area contributed by atoms with Gasteiger partial charge in [-0.3, -0.25) is 4.79 Å². The Kier molecular flexibility index (Phi) is 2.02. The van der Waals surface area contributed by atoms with Crippen LogP contribution in [0.15, 0.2) is 0 Å². The molecule has 2 fully saturated rings. The maximum absolute atomic E-state index is 11.3. The molecule has 13 heavy (non-hydrogen) atoms. The molecule has 0 aromatic heterocycles. The Balaban J connectivity index is 2.10. The van der Waals surface area contributed by atoms with E-state index in [0.29, 0.717) is 6.42 Å². The Morgan fingerprint density at radius 3 is 2.62 bits per heavy atom. The lowest BCUT2D eigenvalue weighted by atomic mass is 9.85. The van der Waals surface area contributed by atoms with Crippen molar-refractivity contribution in [2.45, 2.75) is 30.8 Å². The van der Waals surface area contributed by atoms with Crippen LogP contribution in [-0.4, -0.2) is 47.6 Å². The van der Waals surface area contributed by atoms with E-state index >= 15 is 0 Å². The molecule has 5 heteroatoms. The van der Waals surface area contributed by atoms with Gasteiger partial charge in [-0.05, 0) is 6.42 Å². The van der Waals surface area contributed by atoms with Crippen molar-refractivity contribution in [3.63, 3.8) is 0 Å². The van der Waals surface area contributed by atoms with Gasteiger partial charge in [0.15, 0.2) is 0 Å². The van der Waals surface area contributed by atoms with E-state index in [1.54, 1.807) is 7.05 Å². The average Bonchev–Trinajstić information content (AvgIpc) is 2.67. The zero-order valence-electron chi connectivity index (χ0n) is 7.30. The van der Waals surface area contributed by atoms with Gasteiger partial charge >= 0.3 is 0 Å². The summed E-state index contributed by atoms with van der Waals surface area (Å²) in [5.41, 5.74) is 0. The molecule has 2 rings (SSSR count). The minimum atomic E-state index is -0.916. The van der Waals surface area contributed by atoms with E-state index < -0.39 is 18.3 Å². The molecule has 0 saturated carbocycles. The van der Waals surface area contributed by atoms with Crippen LogP contribution in [0.2, 0.25) is 0 Å². The standard InChI is InChI=1S/C8H13NO4/c1-9-8(12)3-2-4-5(10)6(11)7(3)13-4/h3-7,10-11H,2H2,1H3,(H,9,12)/t3?,4?,5?,6-,7-/m0/s1. The smallest absolute Gasteiger partial charge is 0.225 e. The molecule has 3 N–H and O–H groups in total. The van der Waals surface area contributed by atoms with Crippen LogP contribution in [0.1, 0.15) is 6.42 Å². The van der Waals surface area contributed by atoms with Crippen LogP contribution in [0.25, 0.3) is 0 Å². The fourth-order valence-electron chi connectivity index (χ4n) is 2.13. The zero-order valence-corrected chi connectivity index (χ0v) is 7.30. The van der Waals surface area contributed by atoms with Crippen LogP contribution >= 0.6 is 0 Å². The van der Waals surface area contributed by atoms with E-state index in [-0.39, 0.29) is 17.9 Å². The van der Waals surface area contributed by atoms with E-state index in [0.717, 1.165) is 0 Å². The molecule has 74 valence electrons. The lowest BCUT2D eigenvalue weighted by molar-refractivity contribution is -0.128. The molecule has 5 atom stereocenters. The third kappa shape index (κ3) is 1.15. The van der Waals surface area contributed by atoms with Crippen LogP contribution in [0.4, 0.5) is 0 Å². The van der Waals surface area contributed by atoms with Crippen LogP contribution in [-0.2, 0) is 9.53 Å². The van der Waals surface area contributed by atoms with Crippen molar-refractivity contribution in [2.75, 3.05) is 7.05 Å². The van der Waals surface area contributed by atoms with Crippen molar-refractivity contribution >= 4 is 5.91 Å². The fourth-order valence-corrected chi connectivity index (χ4v) is 2.13. The summed E-state index contributed by atoms with van der Waals surface area (Å²) in [6, 6.07) is 0. The molecule has 0 radical (unpaired) electrons. The Hall–Kier alpha value is -0.650. The lowest BCUT2D eigenvalue weighted by Crippen LogP contribution is -2.46. The molecule has 0 aliphatic carbocycles. The summed E-state index contributed by atoms with van der Waals surface area (Å²) in [6.45, 7) is 0. The molecule has 5 nitrogen and oxygen atoms in total. The van der Waals surface area contributed by atoms with Crippen molar-refractivity contribution in [3.8, 4) is 0 Å². The molecule has 2 saturated heterocycles. The normalized spacial score (nSPS) is 48.1. The number of ether oxygens (including phenoxy) is 1. The van der Waals surface area contributed by atoms with Crippen LogP contribution < -0.4 is 5.32 Å². The van der Waals surface area contributed by atoms with Crippen molar-refractivity contribution in [1.29, 1.82) is 0 Å². The molecular formula is C8H13NO4. The quantitative estimate of drug-likeness (QED) is 0.454. The molecule has 2 aliphatic rings. The van der Waals surface area contributed by atoms with Gasteiger partial charge in [0.05, 0.1) is 18.1 Å². The Morgan fingerprint density at radius 2 is 2.15 bits per heavy atom. The first-order valence-corrected chi connectivity index (χ1v) is 4.38. The second-order valence-corrected chi connectivity index (χ2v) is 3.58. The van der Waals surface area contributed by atoms with Gasteiger partial charge < -0.3 is 20.3 Å². The molecular weight excluding hydrogens is 174 g/mol. The number of carbonyl (C=O) groups excluding carboxylic acids is 1. The van der Waals surface area contributed by atoms with Gasteiger partial charge in [0, 0.05) is 7.05 Å². The van der Waals surface area contributed by atoms with E-state index in [9.17, 15) is 15.0 Å². The summed E-state index contributed by atoms with van der Waals surface area (Å²) < 4.78 is 5.27. The third-order valence-electron chi connectivity index (χ3n) is 2.87. The Bertz CT molecular complexity index is 230. The highest BCUT2D eigenvalue weighted by Crippen LogP contribution is 2.39. The van der Waals surface area contributed by atoms with Gasteiger partial charge in [-0.25, -0.2) is 0 Å². The Labute approximate surface area is 75.7 Å². The maximum Gasteiger partial charge on any atom is 0.225 e. The fraction of sp³-hybridized carbons (Fsp3) is 0.875. The summed E-state index contributed by atoms with van der Waals surface area (Å²) in [7, 11) is 1.55. The van der Waals surface area contributed by atoms with Gasteiger partial charge in [-0.2, -0.15) is 0 Å². The summed E-state index contributed by atoms with van der Waals surface area (Å²) >= 11 is 0.